The summed E-state index contributed by atoms with van der Waals surface area (Å²) in [5.74, 6) is 4.73. The fourth-order valence-corrected chi connectivity index (χ4v) is 2.13. The fraction of sp³-hybridized carbons (Fsp3) is 0.667. The summed E-state index contributed by atoms with van der Waals surface area (Å²) in [7, 11) is 0. The molecule has 0 saturated carbocycles. The van der Waals surface area contributed by atoms with Gasteiger partial charge in [0.1, 0.15) is 11.6 Å². The SMILES string of the molecule is C#CCNC(C)c1nnc2n1CCCCC2. The van der Waals surface area contributed by atoms with Gasteiger partial charge in [0.2, 0.25) is 0 Å². The lowest BCUT2D eigenvalue weighted by Crippen LogP contribution is -2.22. The molecule has 2 rings (SSSR count). The number of hydrogen-bond donors (Lipinski definition) is 1. The Balaban J connectivity index is 2.15. The quantitative estimate of drug-likeness (QED) is 0.777. The highest BCUT2D eigenvalue weighted by Gasteiger charge is 2.18. The standard InChI is InChI=1S/C12H18N4/c1-3-8-13-10(2)12-15-14-11-7-5-4-6-9-16(11)12/h1,10,13H,4-9H2,2H3. The van der Waals surface area contributed by atoms with E-state index in [0.717, 1.165) is 24.6 Å². The number of hydrogen-bond acceptors (Lipinski definition) is 3. The second-order valence-electron chi connectivity index (χ2n) is 4.24. The Morgan fingerprint density at radius 3 is 3.12 bits per heavy atom. The van der Waals surface area contributed by atoms with E-state index in [4.69, 9.17) is 6.42 Å². The summed E-state index contributed by atoms with van der Waals surface area (Å²) in [6.07, 6.45) is 10.0. The van der Waals surface area contributed by atoms with Crippen molar-refractivity contribution in [2.24, 2.45) is 0 Å². The molecule has 0 radical (unpaired) electrons. The molecular formula is C12H18N4. The third kappa shape index (κ3) is 2.25. The lowest BCUT2D eigenvalue weighted by Gasteiger charge is -2.13. The van der Waals surface area contributed by atoms with Crippen molar-refractivity contribution < 1.29 is 0 Å². The van der Waals surface area contributed by atoms with E-state index in [2.05, 4.69) is 32.9 Å². The van der Waals surface area contributed by atoms with E-state index in [1.165, 1.54) is 19.3 Å². The number of nitrogens with one attached hydrogen (secondary N) is 1. The molecule has 1 atom stereocenters. The van der Waals surface area contributed by atoms with Gasteiger partial charge in [-0.2, -0.15) is 0 Å². The maximum absolute atomic E-state index is 5.24. The number of aromatic nitrogens is 3. The van der Waals surface area contributed by atoms with Crippen LogP contribution in [0, 0.1) is 12.3 Å². The van der Waals surface area contributed by atoms with Gasteiger partial charge in [0, 0.05) is 13.0 Å². The number of fused-ring (bicyclic) bond motifs is 1. The van der Waals surface area contributed by atoms with E-state index in [1.807, 2.05) is 0 Å². The van der Waals surface area contributed by atoms with Crippen molar-refractivity contribution in [3.05, 3.63) is 11.6 Å². The minimum absolute atomic E-state index is 0.176. The molecular weight excluding hydrogens is 200 g/mol. The number of terminal acetylenes is 1. The Morgan fingerprint density at radius 2 is 2.31 bits per heavy atom. The first-order valence-corrected chi connectivity index (χ1v) is 5.91. The van der Waals surface area contributed by atoms with Crippen LogP contribution in [0.1, 0.15) is 43.9 Å². The lowest BCUT2D eigenvalue weighted by molar-refractivity contribution is 0.525. The highest BCUT2D eigenvalue weighted by atomic mass is 15.3. The van der Waals surface area contributed by atoms with Crippen molar-refractivity contribution in [2.75, 3.05) is 6.54 Å². The monoisotopic (exact) mass is 218 g/mol. The number of nitrogens with zero attached hydrogens (tertiary/aromatic N) is 3. The highest BCUT2D eigenvalue weighted by Crippen LogP contribution is 2.18. The fourth-order valence-electron chi connectivity index (χ4n) is 2.13. The average molecular weight is 218 g/mol. The van der Waals surface area contributed by atoms with Crippen LogP contribution in [0.4, 0.5) is 0 Å². The summed E-state index contributed by atoms with van der Waals surface area (Å²) in [6, 6.07) is 0.176. The Bertz CT molecular complexity index is 388. The van der Waals surface area contributed by atoms with Crippen molar-refractivity contribution >= 4 is 0 Å². The largest absolute Gasteiger partial charge is 0.314 e. The minimum Gasteiger partial charge on any atom is -0.314 e. The van der Waals surface area contributed by atoms with Crippen LogP contribution in [0.25, 0.3) is 0 Å². The zero-order valence-electron chi connectivity index (χ0n) is 9.74. The van der Waals surface area contributed by atoms with Gasteiger partial charge in [-0.25, -0.2) is 0 Å². The van der Waals surface area contributed by atoms with Crippen molar-refractivity contribution in [1.29, 1.82) is 0 Å². The summed E-state index contributed by atoms with van der Waals surface area (Å²) >= 11 is 0. The smallest absolute Gasteiger partial charge is 0.149 e. The third-order valence-electron chi connectivity index (χ3n) is 3.04. The van der Waals surface area contributed by atoms with Crippen LogP contribution in [0.2, 0.25) is 0 Å². The van der Waals surface area contributed by atoms with Crippen LogP contribution < -0.4 is 5.32 Å². The van der Waals surface area contributed by atoms with Gasteiger partial charge in [0.05, 0.1) is 12.6 Å². The summed E-state index contributed by atoms with van der Waals surface area (Å²) in [5.41, 5.74) is 0. The molecule has 1 unspecified atom stereocenters. The molecule has 86 valence electrons. The zero-order chi connectivity index (χ0) is 11.4. The van der Waals surface area contributed by atoms with Crippen LogP contribution in [-0.4, -0.2) is 21.3 Å². The van der Waals surface area contributed by atoms with Gasteiger partial charge in [-0.15, -0.1) is 16.6 Å². The van der Waals surface area contributed by atoms with E-state index in [0.29, 0.717) is 6.54 Å². The molecule has 1 aromatic rings. The molecule has 1 aliphatic rings. The number of aryl methyl sites for hydroxylation is 1. The van der Waals surface area contributed by atoms with E-state index in [-0.39, 0.29) is 6.04 Å². The summed E-state index contributed by atoms with van der Waals surface area (Å²) in [4.78, 5) is 0. The van der Waals surface area contributed by atoms with E-state index in [9.17, 15) is 0 Å². The molecule has 0 bridgehead atoms. The van der Waals surface area contributed by atoms with Gasteiger partial charge in [-0.3, -0.25) is 5.32 Å². The normalized spacial score (nSPS) is 17.2. The molecule has 4 nitrogen and oxygen atoms in total. The Hall–Kier alpha value is -1.34. The molecule has 4 heteroatoms. The van der Waals surface area contributed by atoms with Crippen molar-refractivity contribution in [1.82, 2.24) is 20.1 Å². The molecule has 0 saturated heterocycles. The molecule has 1 aliphatic heterocycles. The van der Waals surface area contributed by atoms with Crippen LogP contribution in [0.15, 0.2) is 0 Å². The Morgan fingerprint density at radius 1 is 1.44 bits per heavy atom. The average Bonchev–Trinajstić information content (AvgIpc) is 2.55. The minimum atomic E-state index is 0.176. The first-order valence-electron chi connectivity index (χ1n) is 5.91. The molecule has 0 aromatic carbocycles. The Labute approximate surface area is 96.5 Å². The molecule has 2 heterocycles. The second-order valence-corrected chi connectivity index (χ2v) is 4.24. The highest BCUT2D eigenvalue weighted by molar-refractivity contribution is 5.03. The van der Waals surface area contributed by atoms with Gasteiger partial charge >= 0.3 is 0 Å². The molecule has 0 spiro atoms. The first kappa shape index (κ1) is 11.2. The van der Waals surface area contributed by atoms with Gasteiger partial charge in [-0.1, -0.05) is 12.3 Å². The third-order valence-corrected chi connectivity index (χ3v) is 3.04. The van der Waals surface area contributed by atoms with Crippen LogP contribution >= 0.6 is 0 Å². The van der Waals surface area contributed by atoms with Crippen molar-refractivity contribution in [3.8, 4) is 12.3 Å². The van der Waals surface area contributed by atoms with Crippen LogP contribution in [-0.2, 0) is 13.0 Å². The maximum atomic E-state index is 5.24. The van der Waals surface area contributed by atoms with Gasteiger partial charge in [0.15, 0.2) is 0 Å². The summed E-state index contributed by atoms with van der Waals surface area (Å²) < 4.78 is 2.25. The predicted octanol–water partition coefficient (Wildman–Crippen LogP) is 1.29. The van der Waals surface area contributed by atoms with E-state index in [1.54, 1.807) is 0 Å². The first-order chi connectivity index (χ1) is 7.83. The topological polar surface area (TPSA) is 42.7 Å². The molecule has 0 amide bonds. The van der Waals surface area contributed by atoms with E-state index >= 15 is 0 Å². The maximum Gasteiger partial charge on any atom is 0.149 e. The van der Waals surface area contributed by atoms with Gasteiger partial charge in [0.25, 0.3) is 0 Å². The molecule has 16 heavy (non-hydrogen) atoms. The Kier molecular flexibility index (Phi) is 3.58. The second kappa shape index (κ2) is 5.13. The number of rotatable bonds is 3. The summed E-state index contributed by atoms with van der Waals surface area (Å²) in [5, 5.41) is 11.8. The van der Waals surface area contributed by atoms with Gasteiger partial charge in [-0.05, 0) is 19.8 Å². The molecule has 1 aromatic heterocycles. The van der Waals surface area contributed by atoms with Crippen LogP contribution in [0.3, 0.4) is 0 Å². The predicted molar refractivity (Wildman–Crippen MR) is 62.8 cm³/mol. The van der Waals surface area contributed by atoms with Gasteiger partial charge < -0.3 is 4.57 Å². The van der Waals surface area contributed by atoms with Crippen molar-refractivity contribution in [3.63, 3.8) is 0 Å². The van der Waals surface area contributed by atoms with Crippen molar-refractivity contribution in [2.45, 2.75) is 45.2 Å². The summed E-state index contributed by atoms with van der Waals surface area (Å²) in [6.45, 7) is 3.70. The molecule has 1 N–H and O–H groups in total. The lowest BCUT2D eigenvalue weighted by atomic mass is 10.2. The molecule has 0 fully saturated rings. The molecule has 0 aliphatic carbocycles. The van der Waals surface area contributed by atoms with Crippen LogP contribution in [0.5, 0.6) is 0 Å². The zero-order valence-corrected chi connectivity index (χ0v) is 9.74. The van der Waals surface area contributed by atoms with E-state index < -0.39 is 0 Å².